The van der Waals surface area contributed by atoms with Gasteiger partial charge in [0.2, 0.25) is 0 Å². The van der Waals surface area contributed by atoms with Crippen molar-refractivity contribution in [3.63, 3.8) is 0 Å². The molecular weight excluding hydrogens is 284 g/mol. The summed E-state index contributed by atoms with van der Waals surface area (Å²) in [4.78, 5) is 22.6. The van der Waals surface area contributed by atoms with Crippen LogP contribution in [0.5, 0.6) is 0 Å². The molecular formula is C14H25ClO5. The second-order valence-corrected chi connectivity index (χ2v) is 5.20. The molecule has 0 bridgehead atoms. The quantitative estimate of drug-likeness (QED) is 0.348. The Labute approximate surface area is 125 Å². The lowest BCUT2D eigenvalue weighted by Crippen LogP contribution is -2.38. The molecule has 0 aliphatic carbocycles. The van der Waals surface area contributed by atoms with E-state index >= 15 is 0 Å². The van der Waals surface area contributed by atoms with E-state index in [0.717, 1.165) is 32.1 Å². The molecule has 3 atom stereocenters. The Kier molecular flexibility index (Phi) is 10.5. The number of carboxylic acids is 1. The molecule has 5 nitrogen and oxygen atoms in total. The minimum atomic E-state index is -1.71. The highest BCUT2D eigenvalue weighted by Crippen LogP contribution is 2.16. The molecule has 0 aliphatic heterocycles. The van der Waals surface area contributed by atoms with Gasteiger partial charge >= 0.3 is 11.9 Å². The number of carbonyl (C=O) groups is 2. The Bertz CT molecular complexity index is 295. The second-order valence-electron chi connectivity index (χ2n) is 4.89. The third-order valence-electron chi connectivity index (χ3n) is 3.13. The largest absolute Gasteiger partial charge is 0.481 e. The van der Waals surface area contributed by atoms with E-state index in [9.17, 15) is 14.7 Å². The van der Waals surface area contributed by atoms with Gasteiger partial charge in [-0.3, -0.25) is 4.79 Å². The number of aliphatic hydroxyl groups is 1. The van der Waals surface area contributed by atoms with E-state index in [1.165, 1.54) is 0 Å². The lowest BCUT2D eigenvalue weighted by Gasteiger charge is -2.21. The van der Waals surface area contributed by atoms with Crippen LogP contribution in [0.1, 0.15) is 52.4 Å². The van der Waals surface area contributed by atoms with Gasteiger partial charge in [0.25, 0.3) is 0 Å². The second kappa shape index (κ2) is 10.9. The van der Waals surface area contributed by atoms with Gasteiger partial charge < -0.3 is 14.9 Å². The van der Waals surface area contributed by atoms with Crippen LogP contribution in [0.2, 0.25) is 0 Å². The highest BCUT2D eigenvalue weighted by molar-refractivity contribution is 6.19. The predicted molar refractivity (Wildman–Crippen MR) is 76.8 cm³/mol. The standard InChI is InChI=1S/C14H25ClO5/c1-3-5-6-8-10(7-4-2)20-14(19)12(16)11(9-15)13(17)18/h10-12,16H,3-9H2,1-2H3,(H,17,18). The maximum atomic E-state index is 11.8. The number of halogens is 1. The zero-order chi connectivity index (χ0) is 15.5. The predicted octanol–water partition coefficient (Wildman–Crippen LogP) is 2.58. The zero-order valence-electron chi connectivity index (χ0n) is 12.2. The fourth-order valence-corrected chi connectivity index (χ4v) is 2.19. The first-order chi connectivity index (χ1) is 9.47. The summed E-state index contributed by atoms with van der Waals surface area (Å²) < 4.78 is 5.22. The van der Waals surface area contributed by atoms with Gasteiger partial charge in [-0.1, -0.05) is 33.1 Å². The molecule has 0 saturated carbocycles. The van der Waals surface area contributed by atoms with Crippen LogP contribution in [0.4, 0.5) is 0 Å². The summed E-state index contributed by atoms with van der Waals surface area (Å²) in [6.45, 7) is 4.07. The molecule has 20 heavy (non-hydrogen) atoms. The van der Waals surface area contributed by atoms with Gasteiger partial charge in [0.15, 0.2) is 6.10 Å². The van der Waals surface area contributed by atoms with Crippen molar-refractivity contribution < 1.29 is 24.5 Å². The van der Waals surface area contributed by atoms with Crippen molar-refractivity contribution in [1.82, 2.24) is 0 Å². The topological polar surface area (TPSA) is 83.8 Å². The van der Waals surface area contributed by atoms with Crippen LogP contribution in [-0.4, -0.2) is 40.2 Å². The molecule has 0 aliphatic rings. The van der Waals surface area contributed by atoms with Gasteiger partial charge in [-0.25, -0.2) is 4.79 Å². The first-order valence-electron chi connectivity index (χ1n) is 7.15. The summed E-state index contributed by atoms with van der Waals surface area (Å²) in [5, 5.41) is 18.5. The Morgan fingerprint density at radius 2 is 1.80 bits per heavy atom. The summed E-state index contributed by atoms with van der Waals surface area (Å²) in [5.41, 5.74) is 0. The molecule has 2 N–H and O–H groups in total. The van der Waals surface area contributed by atoms with E-state index in [2.05, 4.69) is 6.92 Å². The van der Waals surface area contributed by atoms with Crippen molar-refractivity contribution >= 4 is 23.5 Å². The van der Waals surface area contributed by atoms with Crippen LogP contribution < -0.4 is 0 Å². The molecule has 0 radical (unpaired) electrons. The number of ether oxygens (including phenoxy) is 1. The highest BCUT2D eigenvalue weighted by atomic mass is 35.5. The summed E-state index contributed by atoms with van der Waals surface area (Å²) in [7, 11) is 0. The van der Waals surface area contributed by atoms with E-state index in [0.29, 0.717) is 6.42 Å². The number of aliphatic carboxylic acids is 1. The smallest absolute Gasteiger partial charge is 0.336 e. The van der Waals surface area contributed by atoms with Crippen LogP contribution in [0.3, 0.4) is 0 Å². The SMILES string of the molecule is CCCCCC(CCC)OC(=O)C(O)C(CCl)C(=O)O. The van der Waals surface area contributed by atoms with Gasteiger partial charge in [0.1, 0.15) is 12.0 Å². The lowest BCUT2D eigenvalue weighted by atomic mass is 10.0. The van der Waals surface area contributed by atoms with E-state index < -0.39 is 24.0 Å². The average Bonchev–Trinajstić information content (AvgIpc) is 2.39. The molecule has 3 unspecified atom stereocenters. The van der Waals surface area contributed by atoms with Crippen LogP contribution in [0.25, 0.3) is 0 Å². The van der Waals surface area contributed by atoms with Crippen molar-refractivity contribution in [1.29, 1.82) is 0 Å². The maximum Gasteiger partial charge on any atom is 0.336 e. The molecule has 0 spiro atoms. The number of hydrogen-bond acceptors (Lipinski definition) is 4. The number of alkyl halides is 1. The minimum absolute atomic E-state index is 0.265. The van der Waals surface area contributed by atoms with Crippen molar-refractivity contribution in [3.05, 3.63) is 0 Å². The molecule has 0 heterocycles. The molecule has 6 heteroatoms. The average molecular weight is 309 g/mol. The number of hydrogen-bond donors (Lipinski definition) is 2. The normalized spacial score (nSPS) is 15.4. The van der Waals surface area contributed by atoms with Crippen molar-refractivity contribution in [2.24, 2.45) is 5.92 Å². The molecule has 0 aromatic heterocycles. The molecule has 0 fully saturated rings. The van der Waals surface area contributed by atoms with E-state index in [-0.39, 0.29) is 12.0 Å². The van der Waals surface area contributed by atoms with E-state index in [4.69, 9.17) is 21.4 Å². The Balaban J connectivity index is 4.45. The van der Waals surface area contributed by atoms with Gasteiger partial charge in [-0.05, 0) is 19.3 Å². The number of unbranched alkanes of at least 4 members (excludes halogenated alkanes) is 2. The van der Waals surface area contributed by atoms with Gasteiger partial charge in [-0.15, -0.1) is 11.6 Å². The number of aliphatic hydroxyl groups excluding tert-OH is 1. The molecule has 118 valence electrons. The Hall–Kier alpha value is -0.810. The number of carboxylic acid groups (broad SMARTS) is 1. The molecule has 0 aromatic rings. The number of esters is 1. The first kappa shape index (κ1) is 19.2. The lowest BCUT2D eigenvalue weighted by molar-refractivity contribution is -0.167. The third kappa shape index (κ3) is 7.10. The molecule has 0 saturated heterocycles. The summed E-state index contributed by atoms with van der Waals surface area (Å²) >= 11 is 5.45. The van der Waals surface area contributed by atoms with Crippen LogP contribution in [-0.2, 0) is 14.3 Å². The van der Waals surface area contributed by atoms with Gasteiger partial charge in [0.05, 0.1) is 0 Å². The Morgan fingerprint density at radius 3 is 2.25 bits per heavy atom. The monoisotopic (exact) mass is 308 g/mol. The fraction of sp³-hybridized carbons (Fsp3) is 0.857. The molecule has 0 aromatic carbocycles. The third-order valence-corrected chi connectivity index (χ3v) is 3.46. The van der Waals surface area contributed by atoms with Crippen LogP contribution in [0, 0.1) is 5.92 Å². The summed E-state index contributed by atoms with van der Waals surface area (Å²) in [6, 6.07) is 0. The highest BCUT2D eigenvalue weighted by Gasteiger charge is 2.33. The van der Waals surface area contributed by atoms with Crippen molar-refractivity contribution in [2.75, 3.05) is 5.88 Å². The van der Waals surface area contributed by atoms with Crippen molar-refractivity contribution in [3.8, 4) is 0 Å². The number of carbonyl (C=O) groups excluding carboxylic acids is 1. The first-order valence-corrected chi connectivity index (χ1v) is 7.68. The summed E-state index contributed by atoms with van der Waals surface area (Å²) in [6.07, 6.45) is 3.40. The van der Waals surface area contributed by atoms with E-state index in [1.54, 1.807) is 0 Å². The fourth-order valence-electron chi connectivity index (χ4n) is 1.89. The van der Waals surface area contributed by atoms with Crippen LogP contribution in [0.15, 0.2) is 0 Å². The zero-order valence-corrected chi connectivity index (χ0v) is 12.9. The molecule has 0 rings (SSSR count). The minimum Gasteiger partial charge on any atom is -0.481 e. The van der Waals surface area contributed by atoms with E-state index in [1.807, 2.05) is 6.92 Å². The van der Waals surface area contributed by atoms with Gasteiger partial charge in [-0.2, -0.15) is 0 Å². The van der Waals surface area contributed by atoms with Gasteiger partial charge in [0, 0.05) is 5.88 Å². The van der Waals surface area contributed by atoms with Crippen molar-refractivity contribution in [2.45, 2.75) is 64.6 Å². The number of rotatable bonds is 11. The maximum absolute atomic E-state index is 11.8. The summed E-state index contributed by atoms with van der Waals surface area (Å²) in [5.74, 6) is -3.86. The van der Waals surface area contributed by atoms with Crippen LogP contribution >= 0.6 is 11.6 Å². The Morgan fingerprint density at radius 1 is 1.15 bits per heavy atom. The molecule has 0 amide bonds.